The highest BCUT2D eigenvalue weighted by Crippen LogP contribution is 2.48. The van der Waals surface area contributed by atoms with Gasteiger partial charge in [0, 0.05) is 54.8 Å². The molecule has 3 aliphatic rings. The first kappa shape index (κ1) is 28.0. The fraction of sp³-hybridized carbons (Fsp3) is 0.471. The predicted molar refractivity (Wildman–Crippen MR) is 166 cm³/mol. The van der Waals surface area contributed by atoms with Gasteiger partial charge in [-0.05, 0) is 80.6 Å². The molecule has 0 amide bonds. The maximum Gasteiger partial charge on any atom is 0.128 e. The van der Waals surface area contributed by atoms with E-state index < -0.39 is 0 Å². The molecule has 0 unspecified atom stereocenters. The first-order valence-electron chi connectivity index (χ1n) is 15.2. The Balaban J connectivity index is 1.38. The zero-order valence-corrected chi connectivity index (χ0v) is 25.0. The van der Waals surface area contributed by atoms with Crippen LogP contribution in [0.4, 0.5) is 5.69 Å². The molecule has 6 rings (SSSR count). The number of piperidine rings is 1. The fourth-order valence-corrected chi connectivity index (χ4v) is 7.71. The molecule has 2 fully saturated rings. The van der Waals surface area contributed by atoms with E-state index >= 15 is 0 Å². The van der Waals surface area contributed by atoms with Gasteiger partial charge in [-0.25, -0.2) is 0 Å². The fourth-order valence-electron chi connectivity index (χ4n) is 7.54. The van der Waals surface area contributed by atoms with Crippen molar-refractivity contribution in [1.82, 2.24) is 15.2 Å². The number of nitrogens with zero attached hydrogens (tertiary/aromatic N) is 4. The SMILES string of the molecule is CCOc1ccccc1-c1ccc2c(n1)CN(C[C@H]1CCCN1)C[C@@]21CCN(c2ccc(Cl)cc2C#N)C[C@@H]1CC. The summed E-state index contributed by atoms with van der Waals surface area (Å²) < 4.78 is 5.97. The number of hydrogen-bond donors (Lipinski definition) is 1. The molecule has 3 aliphatic heterocycles. The van der Waals surface area contributed by atoms with Gasteiger partial charge in [0.05, 0.1) is 29.2 Å². The van der Waals surface area contributed by atoms with Gasteiger partial charge in [-0.3, -0.25) is 9.88 Å². The number of fused-ring (bicyclic) bond motifs is 2. The van der Waals surface area contributed by atoms with Gasteiger partial charge in [0.25, 0.3) is 0 Å². The summed E-state index contributed by atoms with van der Waals surface area (Å²) in [6.07, 6.45) is 4.59. The number of anilines is 1. The first-order valence-corrected chi connectivity index (χ1v) is 15.6. The van der Waals surface area contributed by atoms with Gasteiger partial charge in [-0.2, -0.15) is 5.26 Å². The topological polar surface area (TPSA) is 64.4 Å². The number of para-hydroxylation sites is 1. The van der Waals surface area contributed by atoms with Crippen molar-refractivity contribution in [2.75, 3.05) is 44.2 Å². The molecule has 1 aromatic heterocycles. The Kier molecular flexibility index (Phi) is 8.21. The molecule has 214 valence electrons. The molecule has 6 nitrogen and oxygen atoms in total. The van der Waals surface area contributed by atoms with Crippen LogP contribution in [-0.4, -0.2) is 55.3 Å². The van der Waals surface area contributed by atoms with Gasteiger partial charge in [0.1, 0.15) is 11.8 Å². The number of halogens is 1. The molecule has 3 aromatic rings. The van der Waals surface area contributed by atoms with Crippen molar-refractivity contribution in [3.8, 4) is 23.1 Å². The van der Waals surface area contributed by atoms with Crippen LogP contribution in [0, 0.1) is 17.2 Å². The van der Waals surface area contributed by atoms with Crippen molar-refractivity contribution in [1.29, 1.82) is 5.26 Å². The van der Waals surface area contributed by atoms with Crippen LogP contribution in [0.15, 0.2) is 54.6 Å². The van der Waals surface area contributed by atoms with Crippen LogP contribution >= 0.6 is 11.6 Å². The third-order valence-corrected chi connectivity index (χ3v) is 9.69. The van der Waals surface area contributed by atoms with Crippen LogP contribution in [0.5, 0.6) is 5.75 Å². The summed E-state index contributed by atoms with van der Waals surface area (Å²) >= 11 is 6.24. The molecule has 1 N–H and O–H groups in total. The lowest BCUT2D eigenvalue weighted by Crippen LogP contribution is -2.58. The molecule has 2 aromatic carbocycles. The predicted octanol–water partition coefficient (Wildman–Crippen LogP) is 6.41. The Morgan fingerprint density at radius 3 is 2.83 bits per heavy atom. The number of rotatable bonds is 7. The summed E-state index contributed by atoms with van der Waals surface area (Å²) in [7, 11) is 0. The zero-order chi connectivity index (χ0) is 28.4. The van der Waals surface area contributed by atoms with E-state index in [4.69, 9.17) is 21.3 Å². The minimum atomic E-state index is 0.0155. The van der Waals surface area contributed by atoms with Gasteiger partial charge >= 0.3 is 0 Å². The van der Waals surface area contributed by atoms with Crippen molar-refractivity contribution in [2.24, 2.45) is 5.92 Å². The number of ether oxygens (including phenoxy) is 1. The van der Waals surface area contributed by atoms with Crippen molar-refractivity contribution >= 4 is 17.3 Å². The van der Waals surface area contributed by atoms with Gasteiger partial charge < -0.3 is 15.0 Å². The number of aromatic nitrogens is 1. The Morgan fingerprint density at radius 1 is 1.17 bits per heavy atom. The standard InChI is InChI=1S/C34H40ClN5O/c1-3-25-20-40(32-14-11-26(35)18-24(32)19-36)17-15-34(25)23-39(21-27-8-7-16-37-27)22-31-29(34)12-13-30(38-31)28-9-5-6-10-33(28)41-4-2/h5-6,9-14,18,25,27,37H,3-4,7-8,15-17,20-23H2,1-2H3/t25-,27+,34+/m0/s1. The van der Waals surface area contributed by atoms with Crippen LogP contribution in [0.25, 0.3) is 11.3 Å². The maximum absolute atomic E-state index is 9.85. The number of nitrogens with one attached hydrogen (secondary N) is 1. The Morgan fingerprint density at radius 2 is 2.05 bits per heavy atom. The highest BCUT2D eigenvalue weighted by Gasteiger charge is 2.48. The van der Waals surface area contributed by atoms with Crippen LogP contribution in [-0.2, 0) is 12.0 Å². The summed E-state index contributed by atoms with van der Waals surface area (Å²) in [5.74, 6) is 1.32. The van der Waals surface area contributed by atoms with E-state index in [2.05, 4.69) is 52.4 Å². The molecule has 1 spiro atoms. The van der Waals surface area contributed by atoms with Crippen molar-refractivity contribution < 1.29 is 4.74 Å². The molecular formula is C34H40ClN5O. The van der Waals surface area contributed by atoms with E-state index in [0.29, 0.717) is 29.2 Å². The van der Waals surface area contributed by atoms with Crippen LogP contribution in [0.1, 0.15) is 56.4 Å². The van der Waals surface area contributed by atoms with E-state index in [1.54, 1.807) is 6.07 Å². The summed E-state index contributed by atoms with van der Waals surface area (Å²) in [6.45, 7) is 10.9. The highest BCUT2D eigenvalue weighted by atomic mass is 35.5. The van der Waals surface area contributed by atoms with Crippen molar-refractivity contribution in [2.45, 2.75) is 57.5 Å². The third kappa shape index (κ3) is 5.44. The van der Waals surface area contributed by atoms with Gasteiger partial charge in [-0.15, -0.1) is 0 Å². The number of benzene rings is 2. The zero-order valence-electron chi connectivity index (χ0n) is 24.2. The summed E-state index contributed by atoms with van der Waals surface area (Å²) in [4.78, 5) is 10.4. The second-order valence-corrected chi connectivity index (χ2v) is 12.2. The molecule has 0 radical (unpaired) electrons. The number of nitriles is 1. The van der Waals surface area contributed by atoms with E-state index in [1.165, 1.54) is 24.1 Å². The maximum atomic E-state index is 9.85. The molecule has 0 bridgehead atoms. The van der Waals surface area contributed by atoms with E-state index in [0.717, 1.165) is 74.8 Å². The van der Waals surface area contributed by atoms with E-state index in [1.807, 2.05) is 31.2 Å². The molecule has 7 heteroatoms. The van der Waals surface area contributed by atoms with Gasteiger partial charge in [0.2, 0.25) is 0 Å². The van der Waals surface area contributed by atoms with Gasteiger partial charge in [0.15, 0.2) is 0 Å². The quantitative estimate of drug-likeness (QED) is 0.354. The largest absolute Gasteiger partial charge is 0.493 e. The molecule has 3 atom stereocenters. The highest BCUT2D eigenvalue weighted by molar-refractivity contribution is 6.30. The number of pyridine rings is 1. The average Bonchev–Trinajstić information content (AvgIpc) is 3.50. The van der Waals surface area contributed by atoms with Crippen LogP contribution in [0.2, 0.25) is 5.02 Å². The smallest absolute Gasteiger partial charge is 0.128 e. The van der Waals surface area contributed by atoms with Crippen LogP contribution in [0.3, 0.4) is 0 Å². The normalized spacial score (nSPS) is 24.3. The molecule has 41 heavy (non-hydrogen) atoms. The molecule has 0 saturated carbocycles. The second-order valence-electron chi connectivity index (χ2n) is 11.8. The summed E-state index contributed by atoms with van der Waals surface area (Å²) in [5.41, 5.74) is 6.31. The van der Waals surface area contributed by atoms with Gasteiger partial charge in [-0.1, -0.05) is 43.1 Å². The summed E-state index contributed by atoms with van der Waals surface area (Å²) in [6, 6.07) is 21.4. The number of hydrogen-bond acceptors (Lipinski definition) is 6. The lowest BCUT2D eigenvalue weighted by atomic mass is 9.62. The third-order valence-electron chi connectivity index (χ3n) is 9.46. The van der Waals surface area contributed by atoms with Crippen LogP contribution < -0.4 is 15.0 Å². The van der Waals surface area contributed by atoms with Crippen molar-refractivity contribution in [3.05, 3.63) is 76.4 Å². The average molecular weight is 570 g/mol. The van der Waals surface area contributed by atoms with E-state index in [-0.39, 0.29) is 5.41 Å². The molecular weight excluding hydrogens is 530 g/mol. The van der Waals surface area contributed by atoms with Crippen molar-refractivity contribution in [3.63, 3.8) is 0 Å². The van der Waals surface area contributed by atoms with E-state index in [9.17, 15) is 5.26 Å². The lowest BCUT2D eigenvalue weighted by Gasteiger charge is -2.53. The Labute approximate surface area is 249 Å². The molecule has 0 aliphatic carbocycles. The lowest BCUT2D eigenvalue weighted by molar-refractivity contribution is 0.0968. The minimum Gasteiger partial charge on any atom is -0.493 e. The Bertz CT molecular complexity index is 1430. The monoisotopic (exact) mass is 569 g/mol. The summed E-state index contributed by atoms with van der Waals surface area (Å²) in [5, 5.41) is 14.2. The second kappa shape index (κ2) is 12.0. The first-order chi connectivity index (χ1) is 20.0. The Hall–Kier alpha value is -3.11. The minimum absolute atomic E-state index is 0.0155. The molecule has 4 heterocycles. The molecule has 2 saturated heterocycles.